The molecular weight excluding hydrogens is 297 g/mol. The van der Waals surface area contributed by atoms with E-state index < -0.39 is 17.8 Å². The third-order valence-electron chi connectivity index (χ3n) is 3.05. The molecule has 0 heterocycles. The molecule has 0 amide bonds. The minimum Gasteiger partial charge on any atom is -0.389 e. The van der Waals surface area contributed by atoms with Crippen LogP contribution in [0.25, 0.3) is 0 Å². The number of halogens is 3. The van der Waals surface area contributed by atoms with Crippen molar-refractivity contribution in [3.05, 3.63) is 65.2 Å². The van der Waals surface area contributed by atoms with Gasteiger partial charge in [0.1, 0.15) is 0 Å². The number of rotatable bonds is 4. The Hall–Kier alpha value is -1.46. The largest absolute Gasteiger partial charge is 0.416 e. The second kappa shape index (κ2) is 6.54. The van der Waals surface area contributed by atoms with Crippen molar-refractivity contribution in [1.29, 1.82) is 0 Å². The minimum atomic E-state index is -4.29. The summed E-state index contributed by atoms with van der Waals surface area (Å²) in [6.07, 6.45) is -4.79. The van der Waals surface area contributed by atoms with Crippen LogP contribution in [0.2, 0.25) is 0 Å². The monoisotopic (exact) mass is 312 g/mol. The molecule has 0 fully saturated rings. The van der Waals surface area contributed by atoms with Crippen LogP contribution in [-0.4, -0.2) is 5.11 Å². The third kappa shape index (κ3) is 4.51. The maximum absolute atomic E-state index is 12.4. The molecule has 2 aromatic carbocycles. The molecule has 1 nitrogen and oxygen atoms in total. The fourth-order valence-corrected chi connectivity index (χ4v) is 2.65. The van der Waals surface area contributed by atoms with E-state index in [-0.39, 0.29) is 0 Å². The second-order valence-corrected chi connectivity index (χ2v) is 5.78. The lowest BCUT2D eigenvalue weighted by molar-refractivity contribution is -0.137. The van der Waals surface area contributed by atoms with Crippen molar-refractivity contribution in [2.45, 2.75) is 29.9 Å². The van der Waals surface area contributed by atoms with Gasteiger partial charge in [0.25, 0.3) is 0 Å². The van der Waals surface area contributed by atoms with Gasteiger partial charge in [0.2, 0.25) is 0 Å². The predicted molar refractivity (Wildman–Crippen MR) is 78.1 cm³/mol. The van der Waals surface area contributed by atoms with Gasteiger partial charge in [-0.05, 0) is 42.3 Å². The molecular formula is C16H15F3OS. The Bertz CT molecular complexity index is 574. The van der Waals surface area contributed by atoms with Crippen LogP contribution in [0.15, 0.2) is 53.4 Å². The average molecular weight is 312 g/mol. The topological polar surface area (TPSA) is 20.2 Å². The third-order valence-corrected chi connectivity index (χ3v) is 4.13. The minimum absolute atomic E-state index is 0.501. The highest BCUT2D eigenvalue weighted by molar-refractivity contribution is 7.98. The molecule has 2 aromatic rings. The molecule has 0 bridgehead atoms. The van der Waals surface area contributed by atoms with Crippen molar-refractivity contribution in [2.75, 3.05) is 0 Å². The normalized spacial score (nSPS) is 13.2. The smallest absolute Gasteiger partial charge is 0.389 e. The van der Waals surface area contributed by atoms with Crippen molar-refractivity contribution < 1.29 is 18.3 Å². The zero-order valence-corrected chi connectivity index (χ0v) is 12.2. The number of hydrogen-bond acceptors (Lipinski definition) is 2. The van der Waals surface area contributed by atoms with Gasteiger partial charge in [0, 0.05) is 10.6 Å². The highest BCUT2D eigenvalue weighted by Crippen LogP contribution is 2.30. The fraction of sp³-hybridized carbons (Fsp3) is 0.250. The maximum atomic E-state index is 12.4. The number of thioether (sulfide) groups is 1. The summed E-state index contributed by atoms with van der Waals surface area (Å²) in [5.74, 6) is 0.603. The number of alkyl halides is 3. The van der Waals surface area contributed by atoms with Crippen molar-refractivity contribution in [2.24, 2.45) is 0 Å². The summed E-state index contributed by atoms with van der Waals surface area (Å²) in [5.41, 5.74) is 1.05. The van der Waals surface area contributed by atoms with Gasteiger partial charge in [-0.15, -0.1) is 11.8 Å². The number of benzene rings is 2. The standard InChI is InChI=1S/C16H15F3OS/c1-11(20)13-4-8-15(9-5-13)21-10-12-2-6-14(7-3-12)16(17,18)19/h2-9,11,20H,10H2,1H3. The number of aliphatic hydroxyl groups excluding tert-OH is 1. The van der Waals surface area contributed by atoms with Gasteiger partial charge >= 0.3 is 6.18 Å². The van der Waals surface area contributed by atoms with Gasteiger partial charge in [-0.25, -0.2) is 0 Å². The maximum Gasteiger partial charge on any atom is 0.416 e. The van der Waals surface area contributed by atoms with Gasteiger partial charge in [-0.2, -0.15) is 13.2 Å². The molecule has 0 aliphatic rings. The van der Waals surface area contributed by atoms with Crippen molar-refractivity contribution in [3.63, 3.8) is 0 Å². The van der Waals surface area contributed by atoms with E-state index in [1.165, 1.54) is 12.1 Å². The Morgan fingerprint density at radius 2 is 1.57 bits per heavy atom. The molecule has 21 heavy (non-hydrogen) atoms. The highest BCUT2D eigenvalue weighted by atomic mass is 32.2. The van der Waals surface area contributed by atoms with Crippen LogP contribution in [0.3, 0.4) is 0 Å². The van der Waals surface area contributed by atoms with E-state index in [1.807, 2.05) is 24.3 Å². The first-order valence-electron chi connectivity index (χ1n) is 6.43. The van der Waals surface area contributed by atoms with E-state index in [4.69, 9.17) is 0 Å². The van der Waals surface area contributed by atoms with Gasteiger partial charge in [-0.1, -0.05) is 24.3 Å². The molecule has 2 rings (SSSR count). The Morgan fingerprint density at radius 1 is 1.00 bits per heavy atom. The Balaban J connectivity index is 1.96. The van der Waals surface area contributed by atoms with E-state index in [2.05, 4.69) is 0 Å². The first-order valence-corrected chi connectivity index (χ1v) is 7.42. The first kappa shape index (κ1) is 15.9. The van der Waals surface area contributed by atoms with Crippen molar-refractivity contribution >= 4 is 11.8 Å². The second-order valence-electron chi connectivity index (χ2n) is 4.73. The van der Waals surface area contributed by atoms with Gasteiger partial charge in [0.15, 0.2) is 0 Å². The average Bonchev–Trinajstić information content (AvgIpc) is 2.45. The molecule has 0 radical (unpaired) electrons. The van der Waals surface area contributed by atoms with E-state index in [0.717, 1.165) is 28.2 Å². The number of aliphatic hydroxyl groups is 1. The summed E-state index contributed by atoms with van der Waals surface area (Å²) >= 11 is 1.54. The predicted octanol–water partition coefficient (Wildman–Crippen LogP) is 5.05. The molecule has 1 unspecified atom stereocenters. The van der Waals surface area contributed by atoms with Gasteiger partial charge in [0.05, 0.1) is 11.7 Å². The summed E-state index contributed by atoms with van der Waals surface area (Å²) in [6, 6.07) is 12.7. The number of hydrogen-bond donors (Lipinski definition) is 1. The molecule has 1 atom stereocenters. The van der Waals surface area contributed by atoms with Crippen LogP contribution in [0, 0.1) is 0 Å². The molecule has 0 aliphatic heterocycles. The fourth-order valence-electron chi connectivity index (χ4n) is 1.80. The SMILES string of the molecule is CC(O)c1ccc(SCc2ccc(C(F)(F)F)cc2)cc1. The molecule has 0 aliphatic carbocycles. The van der Waals surface area contributed by atoms with E-state index in [1.54, 1.807) is 18.7 Å². The Morgan fingerprint density at radius 3 is 2.05 bits per heavy atom. The molecule has 0 aromatic heterocycles. The summed E-state index contributed by atoms with van der Waals surface area (Å²) in [7, 11) is 0. The van der Waals surface area contributed by atoms with Crippen LogP contribution in [0.5, 0.6) is 0 Å². The lowest BCUT2D eigenvalue weighted by atomic mass is 10.1. The van der Waals surface area contributed by atoms with Crippen LogP contribution < -0.4 is 0 Å². The quantitative estimate of drug-likeness (QED) is 0.797. The van der Waals surface area contributed by atoms with Gasteiger partial charge < -0.3 is 5.11 Å². The summed E-state index contributed by atoms with van der Waals surface area (Å²) in [4.78, 5) is 1.01. The molecule has 1 N–H and O–H groups in total. The summed E-state index contributed by atoms with van der Waals surface area (Å²) in [6.45, 7) is 1.70. The van der Waals surface area contributed by atoms with Crippen LogP contribution in [0.1, 0.15) is 29.7 Å². The summed E-state index contributed by atoms with van der Waals surface area (Å²) in [5, 5.41) is 9.42. The lowest BCUT2D eigenvalue weighted by Crippen LogP contribution is -2.04. The molecule has 112 valence electrons. The summed E-state index contributed by atoms with van der Waals surface area (Å²) < 4.78 is 37.3. The first-order chi connectivity index (χ1) is 9.86. The van der Waals surface area contributed by atoms with E-state index >= 15 is 0 Å². The van der Waals surface area contributed by atoms with E-state index in [9.17, 15) is 18.3 Å². The van der Waals surface area contributed by atoms with E-state index in [0.29, 0.717) is 5.75 Å². The zero-order valence-electron chi connectivity index (χ0n) is 11.4. The van der Waals surface area contributed by atoms with Crippen molar-refractivity contribution in [1.82, 2.24) is 0 Å². The van der Waals surface area contributed by atoms with Crippen LogP contribution in [-0.2, 0) is 11.9 Å². The van der Waals surface area contributed by atoms with Crippen molar-refractivity contribution in [3.8, 4) is 0 Å². The molecule has 5 heteroatoms. The molecule has 0 saturated heterocycles. The zero-order chi connectivity index (χ0) is 15.5. The Kier molecular flexibility index (Phi) is 4.96. The van der Waals surface area contributed by atoms with Gasteiger partial charge in [-0.3, -0.25) is 0 Å². The lowest BCUT2D eigenvalue weighted by Gasteiger charge is -2.08. The highest BCUT2D eigenvalue weighted by Gasteiger charge is 2.29. The van der Waals surface area contributed by atoms with Crippen LogP contribution in [0.4, 0.5) is 13.2 Å². The Labute approximate surface area is 125 Å². The van der Waals surface area contributed by atoms with Crippen LogP contribution >= 0.6 is 11.8 Å². The molecule has 0 saturated carbocycles. The molecule has 0 spiro atoms.